The molecule has 0 aliphatic carbocycles. The number of carbonyl (C=O) groups is 2. The van der Waals surface area contributed by atoms with E-state index in [0.717, 1.165) is 15.6 Å². The van der Waals surface area contributed by atoms with E-state index in [9.17, 15) is 19.8 Å². The van der Waals surface area contributed by atoms with Gasteiger partial charge in [-0.2, -0.15) is 0 Å². The van der Waals surface area contributed by atoms with Gasteiger partial charge in [0.15, 0.2) is 12.2 Å². The molecule has 27 heavy (non-hydrogen) atoms. The fraction of sp³-hybridized carbons (Fsp3) is 0.300. The van der Waals surface area contributed by atoms with E-state index < -0.39 is 24.0 Å². The molecule has 2 unspecified atom stereocenters. The minimum absolute atomic E-state index is 0.196. The van der Waals surface area contributed by atoms with Crippen LogP contribution < -0.4 is 5.32 Å². The molecule has 0 fully saturated rings. The lowest BCUT2D eigenvalue weighted by molar-refractivity contribution is -0.153. The number of rotatable bonds is 5. The van der Waals surface area contributed by atoms with E-state index in [0.29, 0.717) is 19.5 Å². The first-order chi connectivity index (χ1) is 13.0. The van der Waals surface area contributed by atoms with E-state index >= 15 is 0 Å². The zero-order chi connectivity index (χ0) is 19.4. The summed E-state index contributed by atoms with van der Waals surface area (Å²) >= 11 is 3.33. The van der Waals surface area contributed by atoms with E-state index in [1.54, 1.807) is 0 Å². The highest BCUT2D eigenvalue weighted by Gasteiger charge is 2.34. The molecule has 3 N–H and O–H groups in total. The van der Waals surface area contributed by atoms with Crippen molar-refractivity contribution in [2.45, 2.75) is 31.7 Å². The summed E-state index contributed by atoms with van der Waals surface area (Å²) in [6.07, 6.45) is -2.93. The Morgan fingerprint density at radius 2 is 1.70 bits per heavy atom. The lowest BCUT2D eigenvalue weighted by atomic mass is 9.99. The Labute approximate surface area is 165 Å². The fourth-order valence-electron chi connectivity index (χ4n) is 3.05. The highest BCUT2D eigenvalue weighted by Crippen LogP contribution is 2.19. The molecule has 0 radical (unpaired) electrons. The van der Waals surface area contributed by atoms with Crippen LogP contribution in [0.1, 0.15) is 16.7 Å². The third kappa shape index (κ3) is 4.74. The topological polar surface area (TPSA) is 89.9 Å². The number of halogens is 1. The number of benzene rings is 2. The highest BCUT2D eigenvalue weighted by atomic mass is 79.9. The van der Waals surface area contributed by atoms with E-state index in [2.05, 4.69) is 21.2 Å². The number of amides is 2. The van der Waals surface area contributed by atoms with Crippen molar-refractivity contribution >= 4 is 27.7 Å². The smallest absolute Gasteiger partial charge is 0.255 e. The molecule has 2 atom stereocenters. The Hall–Kier alpha value is -2.22. The van der Waals surface area contributed by atoms with Crippen LogP contribution in [0.15, 0.2) is 53.0 Å². The number of fused-ring (bicyclic) bond motifs is 1. The monoisotopic (exact) mass is 432 g/mol. The molecule has 6 nitrogen and oxygen atoms in total. The van der Waals surface area contributed by atoms with Crippen LogP contribution in [-0.2, 0) is 29.1 Å². The SMILES string of the molecule is O=C(NCc1ccc(Br)cc1)C(O)C(O)C(=O)N1CCc2ccccc2C1. The predicted molar refractivity (Wildman–Crippen MR) is 104 cm³/mol. The van der Waals surface area contributed by atoms with Crippen LogP contribution in [0.4, 0.5) is 0 Å². The number of aliphatic hydroxyl groups is 2. The summed E-state index contributed by atoms with van der Waals surface area (Å²) in [6.45, 7) is 1.00. The van der Waals surface area contributed by atoms with Crippen LogP contribution in [0.5, 0.6) is 0 Å². The van der Waals surface area contributed by atoms with Gasteiger partial charge in [0.05, 0.1) is 0 Å². The lowest BCUT2D eigenvalue weighted by Crippen LogP contribution is -2.51. The number of nitrogens with zero attached hydrogens (tertiary/aromatic N) is 1. The summed E-state index contributed by atoms with van der Waals surface area (Å²) in [5.74, 6) is -1.42. The Bertz CT molecular complexity index is 825. The summed E-state index contributed by atoms with van der Waals surface area (Å²) in [6, 6.07) is 15.1. The zero-order valence-corrected chi connectivity index (χ0v) is 16.2. The summed E-state index contributed by atoms with van der Waals surface area (Å²) in [5.41, 5.74) is 3.02. The van der Waals surface area contributed by atoms with Crippen molar-refractivity contribution in [3.05, 3.63) is 69.7 Å². The Balaban J connectivity index is 1.56. The maximum Gasteiger partial charge on any atom is 0.255 e. The molecule has 1 aliphatic heterocycles. The summed E-state index contributed by atoms with van der Waals surface area (Å²) in [5, 5.41) is 22.8. The van der Waals surface area contributed by atoms with Gasteiger partial charge >= 0.3 is 0 Å². The van der Waals surface area contributed by atoms with Gasteiger partial charge in [-0.15, -0.1) is 0 Å². The molecule has 0 bridgehead atoms. The number of hydrogen-bond acceptors (Lipinski definition) is 4. The largest absolute Gasteiger partial charge is 0.380 e. The maximum absolute atomic E-state index is 12.5. The molecule has 0 saturated carbocycles. The fourth-order valence-corrected chi connectivity index (χ4v) is 3.31. The molecular weight excluding hydrogens is 412 g/mol. The molecule has 7 heteroatoms. The third-order valence-corrected chi connectivity index (χ3v) is 5.17. The highest BCUT2D eigenvalue weighted by molar-refractivity contribution is 9.10. The maximum atomic E-state index is 12.5. The van der Waals surface area contributed by atoms with Gasteiger partial charge in [-0.1, -0.05) is 52.3 Å². The molecule has 1 heterocycles. The standard InChI is InChI=1S/C20H21BrN2O4/c21-16-7-5-13(6-8-16)11-22-19(26)17(24)18(25)20(27)23-10-9-14-3-1-2-4-15(14)12-23/h1-8,17-18,24-25H,9-12H2,(H,22,26). The molecule has 0 saturated heterocycles. The number of carbonyl (C=O) groups excluding carboxylic acids is 2. The quantitative estimate of drug-likeness (QED) is 0.665. The first kappa shape index (κ1) is 19.5. The molecule has 3 rings (SSSR count). The van der Waals surface area contributed by atoms with E-state index in [1.165, 1.54) is 10.5 Å². The third-order valence-electron chi connectivity index (χ3n) is 4.64. The van der Waals surface area contributed by atoms with Gasteiger partial charge in [-0.05, 0) is 35.2 Å². The van der Waals surface area contributed by atoms with Crippen molar-refractivity contribution in [3.8, 4) is 0 Å². The van der Waals surface area contributed by atoms with Crippen molar-refractivity contribution < 1.29 is 19.8 Å². The van der Waals surface area contributed by atoms with Crippen LogP contribution in [0.25, 0.3) is 0 Å². The molecule has 0 aromatic heterocycles. The minimum Gasteiger partial charge on any atom is -0.380 e. The van der Waals surface area contributed by atoms with Crippen molar-refractivity contribution in [1.29, 1.82) is 0 Å². The summed E-state index contributed by atoms with van der Waals surface area (Å²) < 4.78 is 0.918. The van der Waals surface area contributed by atoms with E-state index in [-0.39, 0.29) is 6.54 Å². The van der Waals surface area contributed by atoms with Crippen molar-refractivity contribution in [2.24, 2.45) is 0 Å². The number of nitrogens with one attached hydrogen (secondary N) is 1. The van der Waals surface area contributed by atoms with Gasteiger partial charge in [0.1, 0.15) is 0 Å². The van der Waals surface area contributed by atoms with Crippen LogP contribution in [0, 0.1) is 0 Å². The molecule has 2 aromatic carbocycles. The van der Waals surface area contributed by atoms with Gasteiger partial charge in [0.25, 0.3) is 11.8 Å². The Morgan fingerprint density at radius 1 is 1.04 bits per heavy atom. The molecule has 2 amide bonds. The van der Waals surface area contributed by atoms with Gasteiger partial charge < -0.3 is 20.4 Å². The summed E-state index contributed by atoms with van der Waals surface area (Å²) in [4.78, 5) is 26.1. The predicted octanol–water partition coefficient (Wildman–Crippen LogP) is 1.37. The Morgan fingerprint density at radius 3 is 2.41 bits per heavy atom. The van der Waals surface area contributed by atoms with Crippen molar-refractivity contribution in [1.82, 2.24) is 10.2 Å². The Kier molecular flexibility index (Phi) is 6.26. The summed E-state index contributed by atoms with van der Waals surface area (Å²) in [7, 11) is 0. The first-order valence-electron chi connectivity index (χ1n) is 8.69. The number of hydrogen-bond donors (Lipinski definition) is 3. The van der Waals surface area contributed by atoms with Crippen LogP contribution in [-0.4, -0.2) is 45.7 Å². The zero-order valence-electron chi connectivity index (χ0n) is 14.6. The molecular formula is C20H21BrN2O4. The second-order valence-electron chi connectivity index (χ2n) is 6.51. The average Bonchev–Trinajstić information content (AvgIpc) is 2.71. The van der Waals surface area contributed by atoms with Crippen LogP contribution >= 0.6 is 15.9 Å². The van der Waals surface area contributed by atoms with Gasteiger partial charge in [0.2, 0.25) is 0 Å². The lowest BCUT2D eigenvalue weighted by Gasteiger charge is -2.31. The molecule has 2 aromatic rings. The number of aliphatic hydroxyl groups excluding tert-OH is 2. The van der Waals surface area contributed by atoms with E-state index in [4.69, 9.17) is 0 Å². The molecule has 0 spiro atoms. The second-order valence-corrected chi connectivity index (χ2v) is 7.43. The molecule has 1 aliphatic rings. The normalized spacial score (nSPS) is 15.6. The van der Waals surface area contributed by atoms with Crippen LogP contribution in [0.3, 0.4) is 0 Å². The minimum atomic E-state index is -1.81. The van der Waals surface area contributed by atoms with Gasteiger partial charge in [-0.3, -0.25) is 9.59 Å². The van der Waals surface area contributed by atoms with Gasteiger partial charge in [0, 0.05) is 24.1 Å². The average molecular weight is 433 g/mol. The van der Waals surface area contributed by atoms with Crippen molar-refractivity contribution in [3.63, 3.8) is 0 Å². The van der Waals surface area contributed by atoms with Crippen LogP contribution in [0.2, 0.25) is 0 Å². The van der Waals surface area contributed by atoms with Crippen molar-refractivity contribution in [2.75, 3.05) is 6.54 Å². The van der Waals surface area contributed by atoms with E-state index in [1.807, 2.05) is 48.5 Å². The van der Waals surface area contributed by atoms with Gasteiger partial charge in [-0.25, -0.2) is 0 Å². The molecule has 142 valence electrons. The first-order valence-corrected chi connectivity index (χ1v) is 9.49. The second kappa shape index (κ2) is 8.65.